The van der Waals surface area contributed by atoms with Crippen molar-refractivity contribution in [3.05, 3.63) is 69.2 Å². The van der Waals surface area contributed by atoms with Gasteiger partial charge in [0.25, 0.3) is 0 Å². The predicted octanol–water partition coefficient (Wildman–Crippen LogP) is 5.50. The molecular weight excluding hydrogens is 301 g/mol. The minimum absolute atomic E-state index is 0.00378. The van der Waals surface area contributed by atoms with Crippen LogP contribution in [0.5, 0.6) is 0 Å². The molecule has 2 aromatic carbocycles. The van der Waals surface area contributed by atoms with E-state index in [2.05, 4.69) is 24.3 Å². The second-order valence-corrected chi connectivity index (χ2v) is 6.62. The largest absolute Gasteiger partial charge is 0.324 e. The van der Waals surface area contributed by atoms with Crippen LogP contribution in [-0.4, -0.2) is 0 Å². The Kier molecular flexibility index (Phi) is 4.54. The van der Waals surface area contributed by atoms with Crippen LogP contribution in [0.1, 0.15) is 47.9 Å². The number of benzene rings is 2. The van der Waals surface area contributed by atoms with Crippen molar-refractivity contribution in [3.63, 3.8) is 0 Å². The lowest BCUT2D eigenvalue weighted by molar-refractivity contribution is 0.476. The first kappa shape index (κ1) is 14.9. The summed E-state index contributed by atoms with van der Waals surface area (Å²) in [5, 5.41) is 1.16. The normalized spacial score (nSPS) is 19.1. The molecule has 2 unspecified atom stereocenters. The summed E-state index contributed by atoms with van der Waals surface area (Å²) >= 11 is 12.1. The first-order valence-corrected chi connectivity index (χ1v) is 8.19. The van der Waals surface area contributed by atoms with Crippen molar-refractivity contribution in [3.8, 4) is 0 Å². The molecule has 0 saturated heterocycles. The van der Waals surface area contributed by atoms with Gasteiger partial charge in [-0.1, -0.05) is 53.5 Å². The molecule has 1 nitrogen and oxygen atoms in total. The van der Waals surface area contributed by atoms with Crippen molar-refractivity contribution in [1.82, 2.24) is 0 Å². The lowest BCUT2D eigenvalue weighted by Crippen LogP contribution is -2.18. The zero-order valence-corrected chi connectivity index (χ0v) is 13.4. The van der Waals surface area contributed by atoms with Crippen molar-refractivity contribution >= 4 is 23.2 Å². The Balaban J connectivity index is 1.79. The highest BCUT2D eigenvalue weighted by molar-refractivity contribution is 6.42. The Morgan fingerprint density at radius 2 is 1.90 bits per heavy atom. The molecule has 0 aliphatic heterocycles. The second kappa shape index (κ2) is 6.39. The summed E-state index contributed by atoms with van der Waals surface area (Å²) in [4.78, 5) is 0. The summed E-state index contributed by atoms with van der Waals surface area (Å²) in [6.07, 6.45) is 4.60. The van der Waals surface area contributed by atoms with E-state index >= 15 is 0 Å². The minimum Gasteiger partial charge on any atom is -0.324 e. The molecule has 0 amide bonds. The molecule has 0 saturated carbocycles. The fraction of sp³-hybridized carbons (Fsp3) is 0.333. The van der Waals surface area contributed by atoms with Crippen molar-refractivity contribution in [1.29, 1.82) is 0 Å². The monoisotopic (exact) mass is 319 g/mol. The van der Waals surface area contributed by atoms with Crippen LogP contribution in [0.3, 0.4) is 0 Å². The van der Waals surface area contributed by atoms with Crippen molar-refractivity contribution in [2.75, 3.05) is 0 Å². The first-order chi connectivity index (χ1) is 10.1. The Hall–Kier alpha value is -1.02. The third-order valence-electron chi connectivity index (χ3n) is 4.40. The standard InChI is InChI=1S/C18H19Cl2N/c19-16-9-8-14(10-17(16)20)18(21)11-13-6-3-5-12-4-1-2-7-15(12)13/h1-2,4,7-10,13,18H,3,5-6,11,21H2. The number of nitrogens with two attached hydrogens (primary N) is 1. The molecule has 3 heteroatoms. The summed E-state index contributed by atoms with van der Waals surface area (Å²) in [7, 11) is 0. The van der Waals surface area contributed by atoms with Gasteiger partial charge in [-0.15, -0.1) is 0 Å². The first-order valence-electron chi connectivity index (χ1n) is 7.43. The van der Waals surface area contributed by atoms with Gasteiger partial charge in [0.05, 0.1) is 10.0 Å². The van der Waals surface area contributed by atoms with E-state index < -0.39 is 0 Å². The highest BCUT2D eigenvalue weighted by atomic mass is 35.5. The maximum atomic E-state index is 6.40. The molecule has 3 rings (SSSR count). The molecule has 1 aliphatic rings. The predicted molar refractivity (Wildman–Crippen MR) is 90.1 cm³/mol. The van der Waals surface area contributed by atoms with E-state index in [0.717, 1.165) is 12.0 Å². The topological polar surface area (TPSA) is 26.0 Å². The SMILES string of the molecule is NC(CC1CCCc2ccccc21)c1ccc(Cl)c(Cl)c1. The number of rotatable bonds is 3. The van der Waals surface area contributed by atoms with Crippen LogP contribution in [0.25, 0.3) is 0 Å². The quantitative estimate of drug-likeness (QED) is 0.793. The van der Waals surface area contributed by atoms with E-state index in [-0.39, 0.29) is 6.04 Å². The van der Waals surface area contributed by atoms with Gasteiger partial charge in [0, 0.05) is 6.04 Å². The van der Waals surface area contributed by atoms with E-state index in [1.54, 1.807) is 0 Å². The summed E-state index contributed by atoms with van der Waals surface area (Å²) in [6.45, 7) is 0. The highest BCUT2D eigenvalue weighted by Crippen LogP contribution is 2.37. The molecule has 0 heterocycles. The van der Waals surface area contributed by atoms with Gasteiger partial charge in [0.1, 0.15) is 0 Å². The molecular formula is C18H19Cl2N. The third kappa shape index (κ3) is 3.26. The summed E-state index contributed by atoms with van der Waals surface area (Å²) in [6, 6.07) is 14.4. The minimum atomic E-state index is -0.00378. The smallest absolute Gasteiger partial charge is 0.0595 e. The zero-order chi connectivity index (χ0) is 14.8. The van der Waals surface area contributed by atoms with Gasteiger partial charge in [-0.3, -0.25) is 0 Å². The van der Waals surface area contributed by atoms with Crippen LogP contribution < -0.4 is 5.73 Å². The van der Waals surface area contributed by atoms with Gasteiger partial charge in [-0.25, -0.2) is 0 Å². The molecule has 21 heavy (non-hydrogen) atoms. The molecule has 2 atom stereocenters. The van der Waals surface area contributed by atoms with Crippen LogP contribution in [-0.2, 0) is 6.42 Å². The van der Waals surface area contributed by atoms with E-state index in [1.165, 1.54) is 30.4 Å². The number of halogens is 2. The van der Waals surface area contributed by atoms with Crippen molar-refractivity contribution < 1.29 is 0 Å². The summed E-state index contributed by atoms with van der Waals surface area (Å²) < 4.78 is 0. The van der Waals surface area contributed by atoms with Crippen LogP contribution in [0.2, 0.25) is 10.0 Å². The molecule has 0 spiro atoms. The average molecular weight is 320 g/mol. The van der Waals surface area contributed by atoms with Crippen LogP contribution >= 0.6 is 23.2 Å². The zero-order valence-electron chi connectivity index (χ0n) is 11.9. The molecule has 1 aliphatic carbocycles. The second-order valence-electron chi connectivity index (χ2n) is 5.80. The van der Waals surface area contributed by atoms with Gasteiger partial charge in [-0.2, -0.15) is 0 Å². The van der Waals surface area contributed by atoms with Crippen LogP contribution in [0.4, 0.5) is 0 Å². The number of hydrogen-bond acceptors (Lipinski definition) is 1. The average Bonchev–Trinajstić information content (AvgIpc) is 2.50. The van der Waals surface area contributed by atoms with Gasteiger partial charge < -0.3 is 5.73 Å². The van der Waals surface area contributed by atoms with E-state index in [0.29, 0.717) is 16.0 Å². The lowest BCUT2D eigenvalue weighted by atomic mass is 9.79. The number of aryl methyl sites for hydroxylation is 1. The van der Waals surface area contributed by atoms with Gasteiger partial charge in [0.15, 0.2) is 0 Å². The third-order valence-corrected chi connectivity index (χ3v) is 5.14. The van der Waals surface area contributed by atoms with E-state index in [9.17, 15) is 0 Å². The maximum absolute atomic E-state index is 6.40. The number of fused-ring (bicyclic) bond motifs is 1. The van der Waals surface area contributed by atoms with Gasteiger partial charge >= 0.3 is 0 Å². The Bertz CT molecular complexity index is 639. The molecule has 0 bridgehead atoms. The highest BCUT2D eigenvalue weighted by Gasteiger charge is 2.22. The van der Waals surface area contributed by atoms with Crippen LogP contribution in [0, 0.1) is 0 Å². The van der Waals surface area contributed by atoms with E-state index in [4.69, 9.17) is 28.9 Å². The Morgan fingerprint density at radius 3 is 2.71 bits per heavy atom. The fourth-order valence-corrected chi connectivity index (χ4v) is 3.59. The summed E-state index contributed by atoms with van der Waals surface area (Å²) in [5.41, 5.74) is 10.4. The van der Waals surface area contributed by atoms with Gasteiger partial charge in [0.2, 0.25) is 0 Å². The fourth-order valence-electron chi connectivity index (χ4n) is 3.28. The molecule has 0 fully saturated rings. The molecule has 2 aromatic rings. The van der Waals surface area contributed by atoms with Crippen molar-refractivity contribution in [2.24, 2.45) is 5.73 Å². The molecule has 0 radical (unpaired) electrons. The van der Waals surface area contributed by atoms with Gasteiger partial charge in [-0.05, 0) is 60.4 Å². The van der Waals surface area contributed by atoms with E-state index in [1.807, 2.05) is 18.2 Å². The Morgan fingerprint density at radius 1 is 1.10 bits per heavy atom. The maximum Gasteiger partial charge on any atom is 0.0595 e. The number of hydrogen-bond donors (Lipinski definition) is 1. The molecule has 110 valence electrons. The molecule has 2 N–H and O–H groups in total. The van der Waals surface area contributed by atoms with Crippen molar-refractivity contribution in [2.45, 2.75) is 37.6 Å². The summed E-state index contributed by atoms with van der Waals surface area (Å²) in [5.74, 6) is 0.541. The van der Waals surface area contributed by atoms with Crippen LogP contribution in [0.15, 0.2) is 42.5 Å². The molecule has 0 aromatic heterocycles. The Labute approximate surface area is 136 Å². The lowest BCUT2D eigenvalue weighted by Gasteiger charge is -2.28.